The lowest BCUT2D eigenvalue weighted by molar-refractivity contribution is 0.192. The smallest absolute Gasteiger partial charge is 0.320 e. The molecule has 8 heteroatoms. The number of carbonyl (C=O) groups is 1. The van der Waals surface area contributed by atoms with Crippen molar-refractivity contribution in [3.8, 4) is 6.07 Å². The van der Waals surface area contributed by atoms with Gasteiger partial charge in [-0.1, -0.05) is 54.6 Å². The van der Waals surface area contributed by atoms with Crippen LogP contribution in [0.25, 0.3) is 0 Å². The molecule has 0 radical (unpaired) electrons. The van der Waals surface area contributed by atoms with Crippen molar-refractivity contribution in [2.24, 2.45) is 0 Å². The predicted molar refractivity (Wildman–Crippen MR) is 123 cm³/mol. The minimum atomic E-state index is -4.02. The number of carbonyl (C=O) groups excluding carboxylic acids is 1. The SMILES string of the molecule is N#Cc1ccccc1S(=O)(=O)Nc1ccccc1N1CCCN(Cc2ccccc2)C1=O. The van der Waals surface area contributed by atoms with E-state index in [9.17, 15) is 18.5 Å². The number of anilines is 2. The lowest BCUT2D eigenvalue weighted by atomic mass is 10.1. The van der Waals surface area contributed by atoms with Crippen LogP contribution in [0.2, 0.25) is 0 Å². The third-order valence-corrected chi connectivity index (χ3v) is 6.69. The van der Waals surface area contributed by atoms with E-state index in [0.29, 0.717) is 25.3 Å². The van der Waals surface area contributed by atoms with Crippen LogP contribution >= 0.6 is 0 Å². The molecule has 1 N–H and O–H groups in total. The largest absolute Gasteiger partial charge is 0.324 e. The molecule has 3 aromatic rings. The number of nitrogens with one attached hydrogen (secondary N) is 1. The highest BCUT2D eigenvalue weighted by molar-refractivity contribution is 7.92. The lowest BCUT2D eigenvalue weighted by Gasteiger charge is -2.36. The van der Waals surface area contributed by atoms with Crippen molar-refractivity contribution in [2.45, 2.75) is 17.9 Å². The van der Waals surface area contributed by atoms with Crippen LogP contribution in [-0.4, -0.2) is 32.4 Å². The molecule has 4 rings (SSSR count). The molecule has 0 aromatic heterocycles. The summed E-state index contributed by atoms with van der Waals surface area (Å²) in [5.41, 5.74) is 1.86. The van der Waals surface area contributed by atoms with E-state index in [0.717, 1.165) is 12.0 Å². The first-order valence-corrected chi connectivity index (χ1v) is 11.7. The summed E-state index contributed by atoms with van der Waals surface area (Å²) in [5, 5.41) is 9.29. The first-order valence-electron chi connectivity index (χ1n) is 10.2. The number of nitrogens with zero attached hydrogens (tertiary/aromatic N) is 3. The van der Waals surface area contributed by atoms with E-state index in [1.165, 1.54) is 12.1 Å². The highest BCUT2D eigenvalue weighted by Gasteiger charge is 2.29. The van der Waals surface area contributed by atoms with Gasteiger partial charge in [0, 0.05) is 19.6 Å². The molecule has 2 amide bonds. The molecule has 162 valence electrons. The number of hydrogen-bond acceptors (Lipinski definition) is 4. The van der Waals surface area contributed by atoms with Crippen molar-refractivity contribution < 1.29 is 13.2 Å². The highest BCUT2D eigenvalue weighted by atomic mass is 32.2. The van der Waals surface area contributed by atoms with Gasteiger partial charge in [0.2, 0.25) is 0 Å². The number of amides is 2. The molecule has 1 heterocycles. The second kappa shape index (κ2) is 9.12. The van der Waals surface area contributed by atoms with Crippen molar-refractivity contribution in [3.63, 3.8) is 0 Å². The zero-order chi connectivity index (χ0) is 22.6. The predicted octanol–water partition coefficient (Wildman–Crippen LogP) is 4.19. The molecule has 0 unspecified atom stereocenters. The summed E-state index contributed by atoms with van der Waals surface area (Å²) in [4.78, 5) is 16.5. The van der Waals surface area contributed by atoms with Gasteiger partial charge < -0.3 is 4.90 Å². The monoisotopic (exact) mass is 446 g/mol. The van der Waals surface area contributed by atoms with Crippen LogP contribution in [0.3, 0.4) is 0 Å². The van der Waals surface area contributed by atoms with Crippen LogP contribution in [0.5, 0.6) is 0 Å². The van der Waals surface area contributed by atoms with E-state index in [4.69, 9.17) is 0 Å². The average molecular weight is 447 g/mol. The Morgan fingerprint density at radius 1 is 0.906 bits per heavy atom. The van der Waals surface area contributed by atoms with Crippen molar-refractivity contribution >= 4 is 27.4 Å². The molecule has 32 heavy (non-hydrogen) atoms. The molecular weight excluding hydrogens is 424 g/mol. The maximum atomic E-state index is 13.3. The summed E-state index contributed by atoms with van der Waals surface area (Å²) in [5.74, 6) is 0. The van der Waals surface area contributed by atoms with E-state index >= 15 is 0 Å². The maximum Gasteiger partial charge on any atom is 0.324 e. The van der Waals surface area contributed by atoms with Crippen molar-refractivity contribution in [1.82, 2.24) is 4.90 Å². The van der Waals surface area contributed by atoms with Crippen molar-refractivity contribution in [3.05, 3.63) is 90.0 Å². The zero-order valence-electron chi connectivity index (χ0n) is 17.3. The number of sulfonamides is 1. The first kappa shape index (κ1) is 21.4. The summed E-state index contributed by atoms with van der Waals surface area (Å²) in [6.07, 6.45) is 0.761. The number of nitriles is 1. The molecule has 0 bridgehead atoms. The average Bonchev–Trinajstić information content (AvgIpc) is 2.81. The van der Waals surface area contributed by atoms with Gasteiger partial charge in [0.25, 0.3) is 10.0 Å². The minimum absolute atomic E-state index is 0.0561. The van der Waals surface area contributed by atoms with Gasteiger partial charge in [-0.2, -0.15) is 5.26 Å². The van der Waals surface area contributed by atoms with Gasteiger partial charge >= 0.3 is 6.03 Å². The quantitative estimate of drug-likeness (QED) is 0.614. The fourth-order valence-electron chi connectivity index (χ4n) is 3.74. The van der Waals surface area contributed by atoms with Gasteiger partial charge in [-0.3, -0.25) is 9.62 Å². The summed E-state index contributed by atoms with van der Waals surface area (Å²) in [7, 11) is -4.02. The van der Waals surface area contributed by atoms with Crippen LogP contribution in [-0.2, 0) is 16.6 Å². The second-order valence-electron chi connectivity index (χ2n) is 7.43. The van der Waals surface area contributed by atoms with Crippen LogP contribution in [0.1, 0.15) is 17.5 Å². The summed E-state index contributed by atoms with van der Waals surface area (Å²) in [6.45, 7) is 1.60. The lowest BCUT2D eigenvalue weighted by Crippen LogP contribution is -2.49. The summed E-state index contributed by atoms with van der Waals surface area (Å²) < 4.78 is 28.6. The molecule has 0 atom stereocenters. The van der Waals surface area contributed by atoms with Crippen molar-refractivity contribution in [2.75, 3.05) is 22.7 Å². The van der Waals surface area contributed by atoms with E-state index in [1.54, 1.807) is 46.2 Å². The van der Waals surface area contributed by atoms with Gasteiger partial charge in [-0.05, 0) is 36.2 Å². The molecule has 3 aromatic carbocycles. The maximum absolute atomic E-state index is 13.3. The van der Waals surface area contributed by atoms with E-state index in [2.05, 4.69) is 4.72 Å². The molecular formula is C24H22N4O3S. The van der Waals surface area contributed by atoms with Gasteiger partial charge in [-0.15, -0.1) is 0 Å². The van der Waals surface area contributed by atoms with Crippen LogP contribution < -0.4 is 9.62 Å². The summed E-state index contributed by atoms with van der Waals surface area (Å²) >= 11 is 0. The van der Waals surface area contributed by atoms with Crippen LogP contribution in [0, 0.1) is 11.3 Å². The number of rotatable bonds is 6. The molecule has 1 aliphatic rings. The van der Waals surface area contributed by atoms with Crippen LogP contribution in [0.15, 0.2) is 83.8 Å². The number of para-hydroxylation sites is 2. The third-order valence-electron chi connectivity index (χ3n) is 5.26. The Morgan fingerprint density at radius 3 is 2.38 bits per heavy atom. The molecule has 1 aliphatic heterocycles. The Labute approximate surface area is 187 Å². The van der Waals surface area contributed by atoms with Gasteiger partial charge in [0.1, 0.15) is 11.0 Å². The Morgan fingerprint density at radius 2 is 1.59 bits per heavy atom. The third kappa shape index (κ3) is 4.43. The zero-order valence-corrected chi connectivity index (χ0v) is 18.1. The molecule has 0 spiro atoms. The Bertz CT molecular complexity index is 1270. The van der Waals surface area contributed by atoms with Gasteiger partial charge in [0.15, 0.2) is 0 Å². The number of hydrogen-bond donors (Lipinski definition) is 1. The Balaban J connectivity index is 1.62. The molecule has 0 aliphatic carbocycles. The fourth-order valence-corrected chi connectivity index (χ4v) is 4.98. The molecule has 7 nitrogen and oxygen atoms in total. The molecule has 1 fully saturated rings. The van der Waals surface area contributed by atoms with Gasteiger partial charge in [-0.25, -0.2) is 13.2 Å². The van der Waals surface area contributed by atoms with E-state index in [1.807, 2.05) is 36.4 Å². The standard InChI is InChI=1S/C24H22N4O3S/c25-17-20-11-4-7-14-23(20)32(30,31)26-21-12-5-6-13-22(21)28-16-8-15-27(24(28)29)18-19-9-2-1-3-10-19/h1-7,9-14,26H,8,15-16,18H2. The topological polar surface area (TPSA) is 93.5 Å². The van der Waals surface area contributed by atoms with Crippen LogP contribution in [0.4, 0.5) is 16.2 Å². The highest BCUT2D eigenvalue weighted by Crippen LogP contribution is 2.31. The minimum Gasteiger partial charge on any atom is -0.320 e. The second-order valence-corrected chi connectivity index (χ2v) is 9.08. The molecule has 1 saturated heterocycles. The first-order chi connectivity index (χ1) is 15.5. The number of urea groups is 1. The van der Waals surface area contributed by atoms with Crippen molar-refractivity contribution in [1.29, 1.82) is 5.26 Å². The normalized spacial score (nSPS) is 14.2. The Hall–Kier alpha value is -3.83. The fraction of sp³-hybridized carbons (Fsp3) is 0.167. The molecule has 0 saturated carbocycles. The van der Waals surface area contributed by atoms with E-state index < -0.39 is 10.0 Å². The number of benzene rings is 3. The Kier molecular flexibility index (Phi) is 6.10. The summed E-state index contributed by atoms with van der Waals surface area (Å²) in [6, 6.07) is 24.3. The van der Waals surface area contributed by atoms with Gasteiger partial charge in [0.05, 0.1) is 16.9 Å². The van der Waals surface area contributed by atoms with E-state index in [-0.39, 0.29) is 22.2 Å².